The van der Waals surface area contributed by atoms with Crippen LogP contribution in [0.1, 0.15) is 26.2 Å². The molecule has 0 bridgehead atoms. The first-order valence-corrected chi connectivity index (χ1v) is 4.43. The van der Waals surface area contributed by atoms with Crippen molar-refractivity contribution in [3.05, 3.63) is 24.3 Å². The minimum atomic E-state index is -0.991. The fourth-order valence-corrected chi connectivity index (χ4v) is 0.857. The summed E-state index contributed by atoms with van der Waals surface area (Å²) in [5.74, 6) is -0.641. The highest BCUT2D eigenvalue weighted by molar-refractivity contribution is 5.78. The number of hydrogen-bond acceptors (Lipinski definition) is 2. The number of carbonyl (C=O) groups excluding carboxylic acids is 1. The Morgan fingerprint density at radius 3 is 2.77 bits per heavy atom. The smallest absolute Gasteiger partial charge is 0.246 e. The molecule has 0 radical (unpaired) electrons. The predicted octanol–water partition coefficient (Wildman–Crippen LogP) is 1.14. The summed E-state index contributed by atoms with van der Waals surface area (Å²) in [7, 11) is 0. The number of amides is 1. The number of aliphatic hydroxyl groups excluding tert-OH is 1. The van der Waals surface area contributed by atoms with Crippen LogP contribution in [0, 0.1) is 0 Å². The molecule has 0 spiro atoms. The highest BCUT2D eigenvalue weighted by Crippen LogP contribution is 2.01. The van der Waals surface area contributed by atoms with E-state index in [1.54, 1.807) is 0 Å². The standard InChI is InChI=1S/C10H17NO2/c1-2-3-4-5-6-7-8-9(12)10(11)13/h2-5,9,12H,6-8H2,1H3,(H2,11,13). The number of unbranched alkanes of at least 4 members (excludes halogenated alkanes) is 1. The van der Waals surface area contributed by atoms with Gasteiger partial charge in [-0.1, -0.05) is 24.3 Å². The Hall–Kier alpha value is -1.09. The predicted molar refractivity (Wildman–Crippen MR) is 53.0 cm³/mol. The molecule has 0 aliphatic heterocycles. The fraction of sp³-hybridized carbons (Fsp3) is 0.500. The Bertz CT molecular complexity index is 197. The summed E-state index contributed by atoms with van der Waals surface area (Å²) in [5, 5.41) is 9.02. The molecule has 74 valence electrons. The van der Waals surface area contributed by atoms with E-state index in [9.17, 15) is 4.79 Å². The highest BCUT2D eigenvalue weighted by atomic mass is 16.3. The Morgan fingerprint density at radius 2 is 2.23 bits per heavy atom. The quantitative estimate of drug-likeness (QED) is 0.479. The van der Waals surface area contributed by atoms with Crippen molar-refractivity contribution in [2.45, 2.75) is 32.3 Å². The maximum atomic E-state index is 10.4. The van der Waals surface area contributed by atoms with Crippen molar-refractivity contribution in [2.24, 2.45) is 5.73 Å². The summed E-state index contributed by atoms with van der Waals surface area (Å²) in [6.45, 7) is 1.95. The maximum absolute atomic E-state index is 10.4. The molecule has 1 atom stereocenters. The third-order valence-electron chi connectivity index (χ3n) is 1.62. The van der Waals surface area contributed by atoms with E-state index in [0.717, 1.165) is 12.8 Å². The van der Waals surface area contributed by atoms with Crippen molar-refractivity contribution < 1.29 is 9.90 Å². The van der Waals surface area contributed by atoms with Gasteiger partial charge in [0.1, 0.15) is 6.10 Å². The van der Waals surface area contributed by atoms with Crippen molar-refractivity contribution in [3.8, 4) is 0 Å². The molecule has 0 aliphatic rings. The molecule has 0 saturated carbocycles. The molecular formula is C10H17NO2. The van der Waals surface area contributed by atoms with Crippen LogP contribution in [-0.4, -0.2) is 17.1 Å². The van der Waals surface area contributed by atoms with Crippen LogP contribution in [-0.2, 0) is 4.79 Å². The minimum absolute atomic E-state index is 0.440. The van der Waals surface area contributed by atoms with Crippen LogP contribution < -0.4 is 5.73 Å². The molecule has 1 unspecified atom stereocenters. The molecule has 0 rings (SSSR count). The Kier molecular flexibility index (Phi) is 6.92. The second-order valence-corrected chi connectivity index (χ2v) is 2.80. The molecule has 0 aromatic carbocycles. The van der Waals surface area contributed by atoms with Crippen molar-refractivity contribution in [2.75, 3.05) is 0 Å². The number of carbonyl (C=O) groups is 1. The second kappa shape index (κ2) is 7.55. The van der Waals surface area contributed by atoms with Gasteiger partial charge >= 0.3 is 0 Å². The Balaban J connectivity index is 3.40. The number of primary amides is 1. The number of nitrogens with two attached hydrogens (primary N) is 1. The zero-order valence-electron chi connectivity index (χ0n) is 7.94. The molecule has 0 aliphatic carbocycles. The zero-order chi connectivity index (χ0) is 10.1. The SMILES string of the molecule is CC=CC=CCCCC(O)C(N)=O. The van der Waals surface area contributed by atoms with Crippen LogP contribution in [0.3, 0.4) is 0 Å². The van der Waals surface area contributed by atoms with Gasteiger partial charge < -0.3 is 10.8 Å². The van der Waals surface area contributed by atoms with Crippen molar-refractivity contribution in [1.29, 1.82) is 0 Å². The van der Waals surface area contributed by atoms with Gasteiger partial charge in [0.05, 0.1) is 0 Å². The summed E-state index contributed by atoms with van der Waals surface area (Å²) in [6.07, 6.45) is 8.89. The van der Waals surface area contributed by atoms with E-state index in [2.05, 4.69) is 0 Å². The van der Waals surface area contributed by atoms with Gasteiger partial charge in [0.15, 0.2) is 0 Å². The van der Waals surface area contributed by atoms with Gasteiger partial charge in [-0.25, -0.2) is 0 Å². The van der Waals surface area contributed by atoms with E-state index in [4.69, 9.17) is 10.8 Å². The summed E-state index contributed by atoms with van der Waals surface area (Å²) in [5.41, 5.74) is 4.88. The molecule has 0 aromatic heterocycles. The van der Waals surface area contributed by atoms with Gasteiger partial charge in [-0.3, -0.25) is 4.79 Å². The van der Waals surface area contributed by atoms with E-state index in [0.29, 0.717) is 6.42 Å². The maximum Gasteiger partial charge on any atom is 0.246 e. The van der Waals surface area contributed by atoms with Crippen LogP contribution in [0.4, 0.5) is 0 Å². The third kappa shape index (κ3) is 7.28. The van der Waals surface area contributed by atoms with Gasteiger partial charge in [0, 0.05) is 0 Å². The van der Waals surface area contributed by atoms with Crippen molar-refractivity contribution in [1.82, 2.24) is 0 Å². The van der Waals surface area contributed by atoms with Crippen LogP contribution in [0.2, 0.25) is 0 Å². The average Bonchev–Trinajstić information content (AvgIpc) is 2.10. The lowest BCUT2D eigenvalue weighted by Gasteiger charge is -2.03. The van der Waals surface area contributed by atoms with Crippen molar-refractivity contribution in [3.63, 3.8) is 0 Å². The number of hydrogen-bond donors (Lipinski definition) is 2. The summed E-state index contributed by atoms with van der Waals surface area (Å²) in [4.78, 5) is 10.4. The fourth-order valence-electron chi connectivity index (χ4n) is 0.857. The van der Waals surface area contributed by atoms with E-state index in [1.807, 2.05) is 31.2 Å². The lowest BCUT2D eigenvalue weighted by atomic mass is 10.1. The number of aliphatic hydroxyl groups is 1. The van der Waals surface area contributed by atoms with Crippen molar-refractivity contribution >= 4 is 5.91 Å². The molecular weight excluding hydrogens is 166 g/mol. The van der Waals surface area contributed by atoms with Gasteiger partial charge in [-0.15, -0.1) is 0 Å². The van der Waals surface area contributed by atoms with E-state index in [1.165, 1.54) is 0 Å². The molecule has 3 heteroatoms. The number of rotatable bonds is 6. The first kappa shape index (κ1) is 11.9. The molecule has 0 fully saturated rings. The van der Waals surface area contributed by atoms with Gasteiger partial charge in [-0.05, 0) is 26.2 Å². The van der Waals surface area contributed by atoms with E-state index >= 15 is 0 Å². The molecule has 0 heterocycles. The van der Waals surface area contributed by atoms with E-state index < -0.39 is 12.0 Å². The van der Waals surface area contributed by atoms with Gasteiger partial charge in [0.2, 0.25) is 5.91 Å². The number of allylic oxidation sites excluding steroid dienone is 4. The largest absolute Gasteiger partial charge is 0.383 e. The van der Waals surface area contributed by atoms with Gasteiger partial charge in [0.25, 0.3) is 0 Å². The Labute approximate surface area is 78.9 Å². The summed E-state index contributed by atoms with van der Waals surface area (Å²) >= 11 is 0. The normalized spacial score (nSPS) is 14.0. The van der Waals surface area contributed by atoms with E-state index in [-0.39, 0.29) is 0 Å². The molecule has 3 N–H and O–H groups in total. The summed E-state index contributed by atoms with van der Waals surface area (Å²) in [6, 6.07) is 0. The molecule has 1 amide bonds. The monoisotopic (exact) mass is 183 g/mol. The summed E-state index contributed by atoms with van der Waals surface area (Å²) < 4.78 is 0. The topological polar surface area (TPSA) is 63.3 Å². The van der Waals surface area contributed by atoms with Gasteiger partial charge in [-0.2, -0.15) is 0 Å². The average molecular weight is 183 g/mol. The third-order valence-corrected chi connectivity index (χ3v) is 1.62. The zero-order valence-corrected chi connectivity index (χ0v) is 7.94. The lowest BCUT2D eigenvalue weighted by molar-refractivity contribution is -0.126. The second-order valence-electron chi connectivity index (χ2n) is 2.80. The van der Waals surface area contributed by atoms with Crippen LogP contribution >= 0.6 is 0 Å². The Morgan fingerprint density at radius 1 is 1.54 bits per heavy atom. The lowest BCUT2D eigenvalue weighted by Crippen LogP contribution is -2.27. The highest BCUT2D eigenvalue weighted by Gasteiger charge is 2.08. The van der Waals surface area contributed by atoms with Crippen LogP contribution in [0.5, 0.6) is 0 Å². The minimum Gasteiger partial charge on any atom is -0.383 e. The molecule has 0 saturated heterocycles. The first-order chi connectivity index (χ1) is 6.18. The first-order valence-electron chi connectivity index (χ1n) is 4.43. The van der Waals surface area contributed by atoms with Crippen LogP contribution in [0.15, 0.2) is 24.3 Å². The molecule has 0 aromatic rings. The molecule has 13 heavy (non-hydrogen) atoms. The molecule has 3 nitrogen and oxygen atoms in total. The van der Waals surface area contributed by atoms with Crippen LogP contribution in [0.25, 0.3) is 0 Å².